The summed E-state index contributed by atoms with van der Waals surface area (Å²) in [6.07, 6.45) is 5.87. The Morgan fingerprint density at radius 2 is 1.73 bits per heavy atom. The highest BCUT2D eigenvalue weighted by molar-refractivity contribution is 4.83. The molecule has 0 bridgehead atoms. The lowest BCUT2D eigenvalue weighted by Crippen LogP contribution is -2.26. The minimum atomic E-state index is 0.500. The van der Waals surface area contributed by atoms with Gasteiger partial charge in [0.2, 0.25) is 0 Å². The van der Waals surface area contributed by atoms with Crippen LogP contribution in [0.1, 0.15) is 46.5 Å². The molecule has 0 aliphatic heterocycles. The van der Waals surface area contributed by atoms with Gasteiger partial charge in [0.05, 0.1) is 7.18 Å². The van der Waals surface area contributed by atoms with E-state index in [2.05, 4.69) is 20.8 Å². The monoisotopic (exact) mass is 160 g/mol. The van der Waals surface area contributed by atoms with Crippen LogP contribution in [-0.4, -0.2) is 7.18 Å². The van der Waals surface area contributed by atoms with Gasteiger partial charge in [-0.2, -0.15) is 0 Å². The average molecular weight is 160 g/mol. The zero-order valence-corrected chi connectivity index (χ0v) is 8.28. The maximum absolute atomic E-state index is 9.50. The Morgan fingerprint density at radius 1 is 1.27 bits per heavy atom. The molecule has 11 heavy (non-hydrogen) atoms. The summed E-state index contributed by atoms with van der Waals surface area (Å²) in [7, 11) is 0.500. The Morgan fingerprint density at radius 3 is 1.82 bits per heavy atom. The molecule has 1 rings (SSSR count). The first-order chi connectivity index (χ1) is 5.12. The molecular formula is C10H21F. The van der Waals surface area contributed by atoms with E-state index in [0.717, 1.165) is 11.3 Å². The van der Waals surface area contributed by atoms with Crippen LogP contribution in [0.25, 0.3) is 0 Å². The predicted molar refractivity (Wildman–Crippen MR) is 48.4 cm³/mol. The van der Waals surface area contributed by atoms with Crippen LogP contribution in [0.5, 0.6) is 0 Å². The third-order valence-corrected chi connectivity index (χ3v) is 2.46. The summed E-state index contributed by atoms with van der Waals surface area (Å²) in [5.41, 5.74) is 0.744. The van der Waals surface area contributed by atoms with E-state index in [9.17, 15) is 4.39 Å². The summed E-state index contributed by atoms with van der Waals surface area (Å²) < 4.78 is 9.50. The van der Waals surface area contributed by atoms with Gasteiger partial charge in [0.1, 0.15) is 0 Å². The molecule has 0 aromatic heterocycles. The van der Waals surface area contributed by atoms with Crippen molar-refractivity contribution in [2.24, 2.45) is 11.3 Å². The molecule has 0 nitrogen and oxygen atoms in total. The Balaban J connectivity index is 0.000000461. The molecule has 1 aliphatic carbocycles. The van der Waals surface area contributed by atoms with Gasteiger partial charge in [0.25, 0.3) is 0 Å². The van der Waals surface area contributed by atoms with Gasteiger partial charge in [-0.05, 0) is 30.6 Å². The zero-order valence-electron chi connectivity index (χ0n) is 8.28. The molecule has 1 saturated carbocycles. The molecule has 1 fully saturated rings. The van der Waals surface area contributed by atoms with E-state index in [-0.39, 0.29) is 0 Å². The van der Waals surface area contributed by atoms with Crippen LogP contribution in [0, 0.1) is 11.3 Å². The maximum Gasteiger partial charge on any atom is 0.0785 e. The highest BCUT2D eigenvalue weighted by atomic mass is 19.1. The summed E-state index contributed by atoms with van der Waals surface area (Å²) in [4.78, 5) is 0. The van der Waals surface area contributed by atoms with Gasteiger partial charge in [-0.15, -0.1) is 0 Å². The lowest BCUT2D eigenvalue weighted by molar-refractivity contribution is 0.125. The summed E-state index contributed by atoms with van der Waals surface area (Å²) >= 11 is 0. The van der Waals surface area contributed by atoms with Crippen molar-refractivity contribution in [1.82, 2.24) is 0 Å². The molecule has 0 aromatic carbocycles. The second-order valence-corrected chi connectivity index (χ2v) is 4.26. The Kier molecular flexibility index (Phi) is 4.71. The molecule has 0 saturated heterocycles. The molecule has 68 valence electrons. The molecule has 0 atom stereocenters. The van der Waals surface area contributed by atoms with Crippen molar-refractivity contribution in [3.63, 3.8) is 0 Å². The maximum atomic E-state index is 9.50. The minimum absolute atomic E-state index is 0.500. The molecule has 0 amide bonds. The number of rotatable bonds is 2. The molecule has 0 spiro atoms. The van der Waals surface area contributed by atoms with E-state index in [1.165, 1.54) is 25.7 Å². The summed E-state index contributed by atoms with van der Waals surface area (Å²) in [5, 5.41) is 0. The zero-order chi connectivity index (χ0) is 8.91. The molecule has 1 aliphatic rings. The summed E-state index contributed by atoms with van der Waals surface area (Å²) in [6.45, 7) is 7.07. The fourth-order valence-corrected chi connectivity index (χ4v) is 1.97. The van der Waals surface area contributed by atoms with Crippen molar-refractivity contribution in [2.45, 2.75) is 46.5 Å². The van der Waals surface area contributed by atoms with Crippen molar-refractivity contribution in [3.8, 4) is 0 Å². The molecule has 0 unspecified atom stereocenters. The summed E-state index contributed by atoms with van der Waals surface area (Å²) in [6, 6.07) is 0. The predicted octanol–water partition coefficient (Wildman–Crippen LogP) is 3.81. The number of hydrogen-bond donors (Lipinski definition) is 0. The van der Waals surface area contributed by atoms with Crippen LogP contribution < -0.4 is 0 Å². The van der Waals surface area contributed by atoms with E-state index >= 15 is 0 Å². The van der Waals surface area contributed by atoms with Gasteiger partial charge in [-0.25, -0.2) is 0 Å². The van der Waals surface area contributed by atoms with Crippen LogP contribution in [0.2, 0.25) is 0 Å². The van der Waals surface area contributed by atoms with E-state index in [1.807, 2.05) is 0 Å². The first kappa shape index (κ1) is 10.9. The first-order valence-electron chi connectivity index (χ1n) is 4.50. The van der Waals surface area contributed by atoms with Crippen molar-refractivity contribution < 1.29 is 4.39 Å². The third-order valence-electron chi connectivity index (χ3n) is 2.46. The van der Waals surface area contributed by atoms with Crippen LogP contribution in [0.3, 0.4) is 0 Å². The normalized spacial score (nSPS) is 20.2. The molecule has 0 heterocycles. The molecular weight excluding hydrogens is 139 g/mol. The van der Waals surface area contributed by atoms with E-state index in [1.54, 1.807) is 0 Å². The number of halogens is 1. The Hall–Kier alpha value is -0.0700. The largest absolute Gasteiger partial charge is 0.255 e. The Labute approximate surface area is 70.2 Å². The van der Waals surface area contributed by atoms with Crippen LogP contribution >= 0.6 is 0 Å². The second-order valence-electron chi connectivity index (χ2n) is 4.26. The highest BCUT2D eigenvalue weighted by Gasteiger charge is 2.31. The van der Waals surface area contributed by atoms with Gasteiger partial charge < -0.3 is 0 Å². The standard InChI is InChI=1S/C9H18.CH3F/c1-8(2)7-9(3)5-4-6-9;1-2/h8H,4-7H2,1-3H3;1H3. The quantitative estimate of drug-likeness (QED) is 0.576. The van der Waals surface area contributed by atoms with Crippen molar-refractivity contribution in [1.29, 1.82) is 0 Å². The lowest BCUT2D eigenvalue weighted by Gasteiger charge is -2.39. The SMILES string of the molecule is CC(C)CC1(C)CCC1.CF. The number of alkyl halides is 1. The van der Waals surface area contributed by atoms with Gasteiger partial charge in [-0.1, -0.05) is 27.2 Å². The van der Waals surface area contributed by atoms with Crippen molar-refractivity contribution in [3.05, 3.63) is 0 Å². The molecule has 0 radical (unpaired) electrons. The van der Waals surface area contributed by atoms with Gasteiger partial charge in [-0.3, -0.25) is 4.39 Å². The smallest absolute Gasteiger partial charge is 0.0785 e. The second kappa shape index (κ2) is 4.74. The minimum Gasteiger partial charge on any atom is -0.255 e. The van der Waals surface area contributed by atoms with Crippen LogP contribution in [0.15, 0.2) is 0 Å². The Bertz CT molecular complexity index is 93.0. The van der Waals surface area contributed by atoms with Gasteiger partial charge in [0.15, 0.2) is 0 Å². The van der Waals surface area contributed by atoms with Crippen LogP contribution in [0.4, 0.5) is 4.39 Å². The van der Waals surface area contributed by atoms with Gasteiger partial charge >= 0.3 is 0 Å². The first-order valence-corrected chi connectivity index (χ1v) is 4.50. The van der Waals surface area contributed by atoms with Crippen molar-refractivity contribution in [2.75, 3.05) is 7.18 Å². The molecule has 0 aromatic rings. The van der Waals surface area contributed by atoms with Crippen LogP contribution in [-0.2, 0) is 0 Å². The highest BCUT2D eigenvalue weighted by Crippen LogP contribution is 2.44. The van der Waals surface area contributed by atoms with E-state index in [4.69, 9.17) is 0 Å². The topological polar surface area (TPSA) is 0 Å². The molecule has 1 heteroatoms. The number of hydrogen-bond acceptors (Lipinski definition) is 0. The fraction of sp³-hybridized carbons (Fsp3) is 1.00. The third kappa shape index (κ3) is 3.74. The fourth-order valence-electron chi connectivity index (χ4n) is 1.97. The van der Waals surface area contributed by atoms with Gasteiger partial charge in [0, 0.05) is 0 Å². The van der Waals surface area contributed by atoms with Crippen molar-refractivity contribution >= 4 is 0 Å². The molecule has 0 N–H and O–H groups in total. The summed E-state index contributed by atoms with van der Waals surface area (Å²) in [5.74, 6) is 0.898. The lowest BCUT2D eigenvalue weighted by atomic mass is 9.66. The van der Waals surface area contributed by atoms with E-state index < -0.39 is 0 Å². The average Bonchev–Trinajstić information content (AvgIpc) is 1.88. The van der Waals surface area contributed by atoms with E-state index in [0.29, 0.717) is 7.18 Å².